The highest BCUT2D eigenvalue weighted by atomic mass is 35.5. The van der Waals surface area contributed by atoms with Crippen LogP contribution in [0.4, 0.5) is 5.13 Å². The number of hydrogen-bond donors (Lipinski definition) is 1. The highest BCUT2D eigenvalue weighted by molar-refractivity contribution is 7.10. The summed E-state index contributed by atoms with van der Waals surface area (Å²) in [4.78, 5) is 16.5. The smallest absolute Gasteiger partial charge is 0.296 e. The van der Waals surface area contributed by atoms with Crippen LogP contribution in [0.25, 0.3) is 11.4 Å². The Kier molecular flexibility index (Phi) is 4.92. The summed E-state index contributed by atoms with van der Waals surface area (Å²) in [5, 5.41) is 7.52. The maximum absolute atomic E-state index is 12.2. The van der Waals surface area contributed by atoms with Gasteiger partial charge >= 0.3 is 0 Å². The second kappa shape index (κ2) is 7.11. The molecule has 1 N–H and O–H groups in total. The first-order chi connectivity index (χ1) is 11.6. The summed E-state index contributed by atoms with van der Waals surface area (Å²) in [6, 6.07) is 8.93. The Balaban J connectivity index is 1.74. The summed E-state index contributed by atoms with van der Waals surface area (Å²) in [5.41, 5.74) is 1.48. The van der Waals surface area contributed by atoms with Gasteiger partial charge < -0.3 is 4.52 Å². The minimum absolute atomic E-state index is 0.153. The SMILES string of the molecule is CC[C@H](C)c1cc(C(=O)Nc2nc(-c3ccccc3Cl)ns2)on1. The fraction of sp³-hybridized carbons (Fsp3) is 0.250. The molecule has 1 amide bonds. The van der Waals surface area contributed by atoms with Crippen LogP contribution in [0.5, 0.6) is 0 Å². The number of halogens is 1. The summed E-state index contributed by atoms with van der Waals surface area (Å²) in [5.74, 6) is 0.459. The molecule has 3 rings (SSSR count). The van der Waals surface area contributed by atoms with Gasteiger partial charge in [-0.15, -0.1) is 0 Å². The van der Waals surface area contributed by atoms with Crippen LogP contribution in [0.2, 0.25) is 5.02 Å². The van der Waals surface area contributed by atoms with Gasteiger partial charge in [-0.2, -0.15) is 9.36 Å². The zero-order valence-corrected chi connectivity index (χ0v) is 14.7. The fourth-order valence-electron chi connectivity index (χ4n) is 2.02. The summed E-state index contributed by atoms with van der Waals surface area (Å²) in [7, 11) is 0. The molecule has 124 valence electrons. The number of amides is 1. The molecule has 0 saturated carbocycles. The summed E-state index contributed by atoms with van der Waals surface area (Å²) < 4.78 is 9.33. The van der Waals surface area contributed by atoms with Gasteiger partial charge in [-0.3, -0.25) is 10.1 Å². The van der Waals surface area contributed by atoms with E-state index in [9.17, 15) is 4.79 Å². The summed E-state index contributed by atoms with van der Waals surface area (Å²) >= 11 is 7.21. The van der Waals surface area contributed by atoms with Crippen LogP contribution < -0.4 is 5.32 Å². The molecule has 1 aromatic carbocycles. The van der Waals surface area contributed by atoms with Gasteiger partial charge in [0.05, 0.1) is 10.7 Å². The quantitative estimate of drug-likeness (QED) is 0.716. The van der Waals surface area contributed by atoms with Crippen LogP contribution in [0.15, 0.2) is 34.9 Å². The lowest BCUT2D eigenvalue weighted by molar-refractivity contribution is 0.0987. The van der Waals surface area contributed by atoms with Crippen molar-refractivity contribution in [1.29, 1.82) is 0 Å². The predicted molar refractivity (Wildman–Crippen MR) is 93.5 cm³/mol. The number of carbonyl (C=O) groups is 1. The molecule has 0 spiro atoms. The number of rotatable bonds is 5. The van der Waals surface area contributed by atoms with Crippen molar-refractivity contribution in [2.75, 3.05) is 5.32 Å². The fourth-order valence-corrected chi connectivity index (χ4v) is 2.82. The minimum atomic E-state index is -0.404. The van der Waals surface area contributed by atoms with Gasteiger partial charge in [0.1, 0.15) is 0 Å². The number of aromatic nitrogens is 3. The van der Waals surface area contributed by atoms with Gasteiger partial charge in [-0.1, -0.05) is 42.7 Å². The number of nitrogens with one attached hydrogen (secondary N) is 1. The molecule has 0 saturated heterocycles. The Bertz CT molecular complexity index is 861. The van der Waals surface area contributed by atoms with E-state index in [0.717, 1.165) is 29.2 Å². The van der Waals surface area contributed by atoms with Crippen LogP contribution in [0, 0.1) is 0 Å². The average Bonchev–Trinajstić information content (AvgIpc) is 3.24. The normalized spacial score (nSPS) is 12.1. The number of carbonyl (C=O) groups excluding carboxylic acids is 1. The predicted octanol–water partition coefficient (Wildman–Crippen LogP) is 4.61. The lowest BCUT2D eigenvalue weighted by Gasteiger charge is -2.00. The van der Waals surface area contributed by atoms with Crippen molar-refractivity contribution in [3.8, 4) is 11.4 Å². The van der Waals surface area contributed by atoms with Crippen molar-refractivity contribution < 1.29 is 9.32 Å². The van der Waals surface area contributed by atoms with Crippen molar-refractivity contribution in [2.24, 2.45) is 0 Å². The Morgan fingerprint density at radius 2 is 2.21 bits per heavy atom. The molecule has 0 bridgehead atoms. The third-order valence-corrected chi connectivity index (χ3v) is 4.59. The van der Waals surface area contributed by atoms with Crippen molar-refractivity contribution in [3.63, 3.8) is 0 Å². The zero-order chi connectivity index (χ0) is 17.1. The molecule has 0 fully saturated rings. The first kappa shape index (κ1) is 16.6. The topological polar surface area (TPSA) is 80.9 Å². The minimum Gasteiger partial charge on any atom is -0.351 e. The molecule has 0 aliphatic rings. The van der Waals surface area contributed by atoms with Crippen LogP contribution in [-0.4, -0.2) is 20.4 Å². The third kappa shape index (κ3) is 3.47. The van der Waals surface area contributed by atoms with Crippen LogP contribution in [0.3, 0.4) is 0 Å². The van der Waals surface area contributed by atoms with E-state index in [4.69, 9.17) is 16.1 Å². The van der Waals surface area contributed by atoms with E-state index in [0.29, 0.717) is 16.0 Å². The molecular formula is C16H15ClN4O2S. The van der Waals surface area contributed by atoms with Crippen LogP contribution >= 0.6 is 23.1 Å². The molecule has 8 heteroatoms. The maximum atomic E-state index is 12.2. The van der Waals surface area contributed by atoms with E-state index in [-0.39, 0.29) is 11.7 Å². The summed E-state index contributed by atoms with van der Waals surface area (Å²) in [6.45, 7) is 4.08. The number of anilines is 1. The average molecular weight is 363 g/mol. The van der Waals surface area contributed by atoms with E-state index in [1.165, 1.54) is 0 Å². The molecule has 0 unspecified atom stereocenters. The van der Waals surface area contributed by atoms with E-state index in [1.54, 1.807) is 12.1 Å². The van der Waals surface area contributed by atoms with Gasteiger partial charge in [-0.25, -0.2) is 0 Å². The number of hydrogen-bond acceptors (Lipinski definition) is 6. The lowest BCUT2D eigenvalue weighted by Crippen LogP contribution is -2.10. The molecule has 2 heterocycles. The van der Waals surface area contributed by atoms with Gasteiger partial charge in [-0.05, 0) is 18.6 Å². The molecule has 24 heavy (non-hydrogen) atoms. The third-order valence-electron chi connectivity index (χ3n) is 3.63. The Labute approximate surface area is 148 Å². The molecule has 6 nitrogen and oxygen atoms in total. The maximum Gasteiger partial charge on any atom is 0.296 e. The molecule has 2 aromatic heterocycles. The first-order valence-corrected chi connectivity index (χ1v) is 8.60. The molecule has 0 radical (unpaired) electrons. The summed E-state index contributed by atoms with van der Waals surface area (Å²) in [6.07, 6.45) is 0.922. The van der Waals surface area contributed by atoms with Gasteiger partial charge in [0, 0.05) is 29.1 Å². The Hall–Kier alpha value is -2.25. The van der Waals surface area contributed by atoms with E-state index >= 15 is 0 Å². The van der Waals surface area contributed by atoms with E-state index in [2.05, 4.69) is 26.8 Å². The highest BCUT2D eigenvalue weighted by Gasteiger charge is 2.18. The lowest BCUT2D eigenvalue weighted by atomic mass is 10.1. The second-order valence-electron chi connectivity index (χ2n) is 5.28. The number of nitrogens with zero attached hydrogens (tertiary/aromatic N) is 3. The van der Waals surface area contributed by atoms with Gasteiger partial charge in [0.2, 0.25) is 10.9 Å². The van der Waals surface area contributed by atoms with E-state index in [1.807, 2.05) is 25.1 Å². The molecular weight excluding hydrogens is 348 g/mol. The van der Waals surface area contributed by atoms with Crippen molar-refractivity contribution in [3.05, 3.63) is 46.8 Å². The van der Waals surface area contributed by atoms with Crippen molar-refractivity contribution in [1.82, 2.24) is 14.5 Å². The Morgan fingerprint density at radius 1 is 1.42 bits per heavy atom. The highest BCUT2D eigenvalue weighted by Crippen LogP contribution is 2.28. The first-order valence-electron chi connectivity index (χ1n) is 7.45. The molecule has 1 atom stereocenters. The molecule has 0 aliphatic carbocycles. The second-order valence-corrected chi connectivity index (χ2v) is 6.44. The largest absolute Gasteiger partial charge is 0.351 e. The van der Waals surface area contributed by atoms with Crippen molar-refractivity contribution in [2.45, 2.75) is 26.2 Å². The van der Waals surface area contributed by atoms with E-state index < -0.39 is 5.91 Å². The number of benzene rings is 1. The van der Waals surface area contributed by atoms with Gasteiger partial charge in [0.15, 0.2) is 5.82 Å². The van der Waals surface area contributed by atoms with Crippen LogP contribution in [0.1, 0.15) is 42.4 Å². The van der Waals surface area contributed by atoms with Gasteiger partial charge in [0.25, 0.3) is 5.91 Å². The standard InChI is InChI=1S/C16H15ClN4O2S/c1-3-9(2)12-8-13(23-20-12)15(22)19-16-18-14(21-24-16)10-6-4-5-7-11(10)17/h4-9H,3H2,1-2H3,(H,18,19,21,22)/t9-/m0/s1. The molecule has 3 aromatic rings. The molecule has 0 aliphatic heterocycles. The van der Waals surface area contributed by atoms with Crippen molar-refractivity contribution >= 4 is 34.2 Å². The monoisotopic (exact) mass is 362 g/mol. The zero-order valence-electron chi connectivity index (χ0n) is 13.1. The Morgan fingerprint density at radius 3 is 2.96 bits per heavy atom. The van der Waals surface area contributed by atoms with Crippen LogP contribution in [-0.2, 0) is 0 Å².